The number of hydrogen-bond acceptors (Lipinski definition) is 4. The van der Waals surface area contributed by atoms with E-state index in [0.29, 0.717) is 18.9 Å². The van der Waals surface area contributed by atoms with Crippen molar-refractivity contribution in [1.29, 1.82) is 0 Å². The molecule has 2 fully saturated rings. The molecule has 0 aromatic carbocycles. The molecule has 5 nitrogen and oxygen atoms in total. The van der Waals surface area contributed by atoms with E-state index >= 15 is 0 Å². The Bertz CT molecular complexity index is 305. The Hall–Kier alpha value is -0.940. The van der Waals surface area contributed by atoms with Gasteiger partial charge >= 0.3 is 0 Å². The zero-order chi connectivity index (χ0) is 13.0. The van der Waals surface area contributed by atoms with Crippen molar-refractivity contribution in [1.82, 2.24) is 10.2 Å². The topological polar surface area (TPSA) is 58.6 Å². The van der Waals surface area contributed by atoms with Crippen LogP contribution >= 0.6 is 0 Å². The summed E-state index contributed by atoms with van der Waals surface area (Å²) in [5, 5.41) is 2.94. The van der Waals surface area contributed by atoms with Crippen molar-refractivity contribution < 1.29 is 14.3 Å². The molecule has 2 heterocycles. The second-order valence-corrected chi connectivity index (χ2v) is 5.28. The summed E-state index contributed by atoms with van der Waals surface area (Å²) in [6.07, 6.45) is 2.75. The monoisotopic (exact) mass is 254 g/mol. The number of nitrogens with zero attached hydrogens (tertiary/aromatic N) is 1. The van der Waals surface area contributed by atoms with Gasteiger partial charge in [-0.05, 0) is 19.3 Å². The van der Waals surface area contributed by atoms with E-state index in [2.05, 4.69) is 10.2 Å². The highest BCUT2D eigenvalue weighted by molar-refractivity contribution is 5.83. The van der Waals surface area contributed by atoms with Gasteiger partial charge in [-0.2, -0.15) is 0 Å². The second-order valence-electron chi connectivity index (χ2n) is 5.28. The van der Waals surface area contributed by atoms with E-state index in [1.807, 2.05) is 0 Å². The molecule has 0 aromatic heterocycles. The average molecular weight is 254 g/mol. The van der Waals surface area contributed by atoms with Crippen LogP contribution in [-0.2, 0) is 14.3 Å². The van der Waals surface area contributed by atoms with Crippen LogP contribution in [0.2, 0.25) is 0 Å². The Labute approximate surface area is 108 Å². The maximum atomic E-state index is 12.0. The quantitative estimate of drug-likeness (QED) is 0.778. The van der Waals surface area contributed by atoms with Gasteiger partial charge in [-0.15, -0.1) is 0 Å². The second kappa shape index (κ2) is 6.29. The van der Waals surface area contributed by atoms with Gasteiger partial charge in [0.1, 0.15) is 0 Å². The summed E-state index contributed by atoms with van der Waals surface area (Å²) < 4.78 is 5.24. The van der Waals surface area contributed by atoms with Crippen LogP contribution in [0, 0.1) is 5.92 Å². The highest BCUT2D eigenvalue weighted by Gasteiger charge is 2.27. The molecule has 18 heavy (non-hydrogen) atoms. The molecule has 5 heteroatoms. The fourth-order valence-corrected chi connectivity index (χ4v) is 2.66. The van der Waals surface area contributed by atoms with Gasteiger partial charge in [-0.1, -0.05) is 0 Å². The summed E-state index contributed by atoms with van der Waals surface area (Å²) in [6, 6.07) is 0.281. The third-order valence-corrected chi connectivity index (χ3v) is 3.76. The molecule has 0 spiro atoms. The van der Waals surface area contributed by atoms with Gasteiger partial charge in [0.15, 0.2) is 5.78 Å². The number of ketones is 1. The summed E-state index contributed by atoms with van der Waals surface area (Å²) in [5.41, 5.74) is 0. The number of nitrogens with one attached hydrogen (secondary N) is 1. The molecule has 1 N–H and O–H groups in total. The lowest BCUT2D eigenvalue weighted by molar-refractivity contribution is -0.125. The fourth-order valence-electron chi connectivity index (χ4n) is 2.66. The number of hydrogen-bond donors (Lipinski definition) is 1. The third kappa shape index (κ3) is 3.78. The molecule has 1 unspecified atom stereocenters. The first kappa shape index (κ1) is 13.5. The first-order chi connectivity index (χ1) is 8.65. The number of amides is 1. The summed E-state index contributed by atoms with van der Waals surface area (Å²) in [5.74, 6) is 0.455. The number of piperidine rings is 1. The third-order valence-electron chi connectivity index (χ3n) is 3.76. The van der Waals surface area contributed by atoms with Gasteiger partial charge in [0.05, 0.1) is 13.2 Å². The minimum atomic E-state index is 0.0348. The van der Waals surface area contributed by atoms with Crippen LogP contribution in [0.5, 0.6) is 0 Å². The SMILES string of the molecule is CC(=O)NC1CCN(CC(=O)C2CCOC2)CC1. The summed E-state index contributed by atoms with van der Waals surface area (Å²) in [6.45, 7) is 5.20. The molecule has 0 saturated carbocycles. The Morgan fingerprint density at radius 3 is 2.56 bits per heavy atom. The molecule has 0 aromatic rings. The van der Waals surface area contributed by atoms with Crippen molar-refractivity contribution in [2.24, 2.45) is 5.92 Å². The van der Waals surface area contributed by atoms with Crippen LogP contribution in [-0.4, -0.2) is 55.5 Å². The fraction of sp³-hybridized carbons (Fsp3) is 0.846. The van der Waals surface area contributed by atoms with Crippen LogP contribution in [0.1, 0.15) is 26.2 Å². The van der Waals surface area contributed by atoms with Crippen LogP contribution in [0.25, 0.3) is 0 Å². The van der Waals surface area contributed by atoms with Crippen molar-refractivity contribution in [2.75, 3.05) is 32.8 Å². The number of Topliss-reactive ketones (excluding diaryl/α,β-unsaturated/α-hetero) is 1. The van der Waals surface area contributed by atoms with E-state index in [-0.39, 0.29) is 17.9 Å². The van der Waals surface area contributed by atoms with Gasteiger partial charge in [-0.3, -0.25) is 14.5 Å². The van der Waals surface area contributed by atoms with Gasteiger partial charge in [0.25, 0.3) is 0 Å². The first-order valence-electron chi connectivity index (χ1n) is 6.75. The zero-order valence-corrected chi connectivity index (χ0v) is 11.0. The summed E-state index contributed by atoms with van der Waals surface area (Å²) >= 11 is 0. The molecule has 2 aliphatic heterocycles. The van der Waals surface area contributed by atoms with Crippen molar-refractivity contribution in [3.63, 3.8) is 0 Å². The number of carbonyl (C=O) groups is 2. The lowest BCUT2D eigenvalue weighted by Gasteiger charge is -2.32. The van der Waals surface area contributed by atoms with Crippen LogP contribution < -0.4 is 5.32 Å². The summed E-state index contributed by atoms with van der Waals surface area (Å²) in [4.78, 5) is 25.1. The van der Waals surface area contributed by atoms with E-state index in [4.69, 9.17) is 4.74 Å². The van der Waals surface area contributed by atoms with Crippen LogP contribution in [0.15, 0.2) is 0 Å². The van der Waals surface area contributed by atoms with E-state index in [1.54, 1.807) is 6.92 Å². The van der Waals surface area contributed by atoms with Crippen molar-refractivity contribution in [3.05, 3.63) is 0 Å². The van der Waals surface area contributed by atoms with Crippen molar-refractivity contribution >= 4 is 11.7 Å². The molecule has 0 radical (unpaired) electrons. The largest absolute Gasteiger partial charge is 0.381 e. The van der Waals surface area contributed by atoms with Crippen LogP contribution in [0.4, 0.5) is 0 Å². The zero-order valence-electron chi connectivity index (χ0n) is 11.0. The number of likely N-dealkylation sites (tertiary alicyclic amines) is 1. The highest BCUT2D eigenvalue weighted by atomic mass is 16.5. The van der Waals surface area contributed by atoms with Crippen molar-refractivity contribution in [2.45, 2.75) is 32.2 Å². The molecular weight excluding hydrogens is 232 g/mol. The maximum absolute atomic E-state index is 12.0. The van der Waals surface area contributed by atoms with E-state index in [9.17, 15) is 9.59 Å². The Morgan fingerprint density at radius 2 is 2.00 bits per heavy atom. The molecule has 0 bridgehead atoms. The molecule has 1 atom stereocenters. The molecular formula is C13H22N2O3. The Morgan fingerprint density at radius 1 is 1.28 bits per heavy atom. The molecule has 0 aliphatic carbocycles. The molecule has 2 rings (SSSR count). The van der Waals surface area contributed by atoms with Gasteiger partial charge in [0, 0.05) is 38.6 Å². The minimum absolute atomic E-state index is 0.0348. The predicted octanol–water partition coefficient (Wildman–Crippen LogP) is 0.193. The average Bonchev–Trinajstić information content (AvgIpc) is 2.84. The normalized spacial score (nSPS) is 26.2. The Kier molecular flexibility index (Phi) is 4.72. The highest BCUT2D eigenvalue weighted by Crippen LogP contribution is 2.16. The Balaban J connectivity index is 1.69. The number of carbonyl (C=O) groups excluding carboxylic acids is 2. The van der Waals surface area contributed by atoms with Crippen molar-refractivity contribution in [3.8, 4) is 0 Å². The van der Waals surface area contributed by atoms with Gasteiger partial charge in [0.2, 0.25) is 5.91 Å². The first-order valence-corrected chi connectivity index (χ1v) is 6.75. The molecule has 102 valence electrons. The standard InChI is InChI=1S/C13H22N2O3/c1-10(16)14-12-2-5-15(6-3-12)8-13(17)11-4-7-18-9-11/h11-12H,2-9H2,1H3,(H,14,16). The lowest BCUT2D eigenvalue weighted by Crippen LogP contribution is -2.46. The van der Waals surface area contributed by atoms with E-state index < -0.39 is 0 Å². The molecule has 1 amide bonds. The van der Waals surface area contributed by atoms with E-state index in [1.165, 1.54) is 0 Å². The van der Waals surface area contributed by atoms with Crippen LogP contribution in [0.3, 0.4) is 0 Å². The number of ether oxygens (including phenoxy) is 1. The van der Waals surface area contributed by atoms with E-state index in [0.717, 1.165) is 39.0 Å². The predicted molar refractivity (Wildman–Crippen MR) is 67.2 cm³/mol. The van der Waals surface area contributed by atoms with Gasteiger partial charge in [-0.25, -0.2) is 0 Å². The lowest BCUT2D eigenvalue weighted by atomic mass is 10.0. The molecule has 2 aliphatic rings. The smallest absolute Gasteiger partial charge is 0.217 e. The number of rotatable bonds is 4. The molecule has 2 saturated heterocycles. The minimum Gasteiger partial charge on any atom is -0.381 e. The maximum Gasteiger partial charge on any atom is 0.217 e. The summed E-state index contributed by atoms with van der Waals surface area (Å²) in [7, 11) is 0. The van der Waals surface area contributed by atoms with Gasteiger partial charge < -0.3 is 10.1 Å².